The van der Waals surface area contributed by atoms with E-state index in [1.165, 1.54) is 63.4 Å². The van der Waals surface area contributed by atoms with Crippen LogP contribution in [0.1, 0.15) is 90.9 Å². The minimum Gasteiger partial charge on any atom is -0.359 e. The molecule has 30 heavy (non-hydrogen) atoms. The first-order valence-corrected chi connectivity index (χ1v) is 12.9. The third-order valence-electron chi connectivity index (χ3n) is 9.52. The van der Waals surface area contributed by atoms with Crippen molar-refractivity contribution in [2.45, 2.75) is 97.0 Å². The largest absolute Gasteiger partial charge is 0.359 e. The summed E-state index contributed by atoms with van der Waals surface area (Å²) in [5.41, 5.74) is 1.22. The lowest BCUT2D eigenvalue weighted by Gasteiger charge is -2.56. The lowest BCUT2D eigenvalue weighted by molar-refractivity contribution is -0.0974. The van der Waals surface area contributed by atoms with Crippen LogP contribution in [0.15, 0.2) is 11.6 Å². The van der Waals surface area contributed by atoms with E-state index in [2.05, 4.69) is 19.9 Å². The van der Waals surface area contributed by atoms with E-state index < -0.39 is 0 Å². The lowest BCUT2D eigenvalue weighted by atomic mass is 9.50. The molecule has 0 bridgehead atoms. The van der Waals surface area contributed by atoms with Gasteiger partial charge >= 0.3 is 0 Å². The maximum absolute atomic E-state index is 14.7. The Morgan fingerprint density at radius 1 is 1.07 bits per heavy atom. The van der Waals surface area contributed by atoms with Gasteiger partial charge in [0, 0.05) is 12.5 Å². The Bertz CT molecular complexity index is 587. The maximum atomic E-state index is 14.7. The van der Waals surface area contributed by atoms with Crippen LogP contribution in [0.5, 0.6) is 0 Å². The summed E-state index contributed by atoms with van der Waals surface area (Å²) in [6.07, 6.45) is 17.9. The monoisotopic (exact) mass is 420 g/mol. The molecule has 0 aliphatic heterocycles. The van der Waals surface area contributed by atoms with Gasteiger partial charge in [-0.3, -0.25) is 4.39 Å². The van der Waals surface area contributed by atoms with Gasteiger partial charge in [0.05, 0.1) is 12.8 Å². The topological polar surface area (TPSA) is 18.5 Å². The van der Waals surface area contributed by atoms with E-state index >= 15 is 0 Å². The van der Waals surface area contributed by atoms with Gasteiger partial charge in [-0.2, -0.15) is 0 Å². The summed E-state index contributed by atoms with van der Waals surface area (Å²) < 4.78 is 25.7. The normalized spacial score (nSPS) is 40.6. The van der Waals surface area contributed by atoms with Crippen molar-refractivity contribution in [1.82, 2.24) is 0 Å². The van der Waals surface area contributed by atoms with Gasteiger partial charge in [0.25, 0.3) is 0 Å². The molecule has 0 aromatic heterocycles. The quantitative estimate of drug-likeness (QED) is 0.221. The van der Waals surface area contributed by atoms with Gasteiger partial charge in [-0.05, 0) is 86.9 Å². The van der Waals surface area contributed by atoms with Crippen LogP contribution < -0.4 is 0 Å². The van der Waals surface area contributed by atoms with Gasteiger partial charge in [0.1, 0.15) is 6.79 Å². The summed E-state index contributed by atoms with van der Waals surface area (Å²) in [4.78, 5) is 0. The molecule has 3 heteroatoms. The van der Waals surface area contributed by atoms with E-state index in [0.29, 0.717) is 12.7 Å². The van der Waals surface area contributed by atoms with Crippen LogP contribution in [0.4, 0.5) is 4.39 Å². The van der Waals surface area contributed by atoms with E-state index in [-0.39, 0.29) is 18.2 Å². The third kappa shape index (κ3) is 4.40. The smallest absolute Gasteiger partial charge is 0.146 e. The van der Waals surface area contributed by atoms with Crippen LogP contribution in [0, 0.1) is 40.9 Å². The van der Waals surface area contributed by atoms with E-state index in [9.17, 15) is 4.39 Å². The SMILES string of the molecule is COCOC1CCC2(CF)C(=CCC3C4CCC(CCCCC(C)C)C4CCC32)C1. The van der Waals surface area contributed by atoms with E-state index in [1.807, 2.05) is 0 Å². The van der Waals surface area contributed by atoms with Crippen molar-refractivity contribution >= 4 is 0 Å². The highest BCUT2D eigenvalue weighted by molar-refractivity contribution is 5.26. The number of unbranched alkanes of at least 4 members (excludes halogenated alkanes) is 1. The van der Waals surface area contributed by atoms with E-state index in [0.717, 1.165) is 48.9 Å². The average Bonchev–Trinajstić information content (AvgIpc) is 3.18. The predicted octanol–water partition coefficient (Wildman–Crippen LogP) is 7.33. The summed E-state index contributed by atoms with van der Waals surface area (Å²) in [5, 5.41) is 0. The Labute approximate surface area is 184 Å². The third-order valence-corrected chi connectivity index (χ3v) is 9.52. The molecule has 0 heterocycles. The van der Waals surface area contributed by atoms with Crippen LogP contribution in [0.25, 0.3) is 0 Å². The molecular weight excluding hydrogens is 375 g/mol. The van der Waals surface area contributed by atoms with Gasteiger partial charge < -0.3 is 9.47 Å². The Morgan fingerprint density at radius 2 is 1.90 bits per heavy atom. The minimum atomic E-state index is -0.170. The molecule has 2 nitrogen and oxygen atoms in total. The highest BCUT2D eigenvalue weighted by Crippen LogP contribution is 2.63. The first-order chi connectivity index (χ1) is 14.6. The number of allylic oxidation sites excluding steroid dienone is 1. The van der Waals surface area contributed by atoms with Crippen molar-refractivity contribution in [1.29, 1.82) is 0 Å². The Hall–Kier alpha value is -0.410. The second kappa shape index (κ2) is 10.0. The summed E-state index contributed by atoms with van der Waals surface area (Å²) in [6.45, 7) is 4.88. The summed E-state index contributed by atoms with van der Waals surface area (Å²) in [7, 11) is 1.68. The molecule has 0 amide bonds. The van der Waals surface area contributed by atoms with Crippen LogP contribution in [-0.2, 0) is 9.47 Å². The van der Waals surface area contributed by atoms with Crippen molar-refractivity contribution in [3.63, 3.8) is 0 Å². The van der Waals surface area contributed by atoms with Crippen molar-refractivity contribution in [2.75, 3.05) is 20.6 Å². The lowest BCUT2D eigenvalue weighted by Crippen LogP contribution is -2.50. The molecule has 7 unspecified atom stereocenters. The van der Waals surface area contributed by atoms with Crippen LogP contribution in [0.2, 0.25) is 0 Å². The molecule has 4 rings (SSSR count). The van der Waals surface area contributed by atoms with Crippen molar-refractivity contribution in [3.8, 4) is 0 Å². The number of halogens is 1. The molecule has 172 valence electrons. The fraction of sp³-hybridized carbons (Fsp3) is 0.926. The van der Waals surface area contributed by atoms with Gasteiger partial charge in [-0.15, -0.1) is 0 Å². The van der Waals surface area contributed by atoms with Crippen molar-refractivity contribution in [2.24, 2.45) is 40.9 Å². The number of methoxy groups -OCH3 is 1. The number of hydrogen-bond acceptors (Lipinski definition) is 2. The second-order valence-electron chi connectivity index (χ2n) is 11.4. The van der Waals surface area contributed by atoms with Gasteiger partial charge in [0.15, 0.2) is 0 Å². The first kappa shape index (κ1) is 22.8. The van der Waals surface area contributed by atoms with Crippen LogP contribution >= 0.6 is 0 Å². The van der Waals surface area contributed by atoms with Gasteiger partial charge in [-0.1, -0.05) is 51.2 Å². The summed E-state index contributed by atoms with van der Waals surface area (Å²) >= 11 is 0. The highest BCUT2D eigenvalue weighted by Gasteiger charge is 2.56. The number of hydrogen-bond donors (Lipinski definition) is 0. The maximum Gasteiger partial charge on any atom is 0.146 e. The molecule has 7 atom stereocenters. The molecule has 0 saturated heterocycles. The fourth-order valence-electron chi connectivity index (χ4n) is 8.07. The highest BCUT2D eigenvalue weighted by atomic mass is 19.1. The van der Waals surface area contributed by atoms with Gasteiger partial charge in [-0.25, -0.2) is 0 Å². The Morgan fingerprint density at radius 3 is 2.67 bits per heavy atom. The molecular formula is C27H45FO2. The molecule has 0 aromatic carbocycles. The van der Waals surface area contributed by atoms with Gasteiger partial charge in [0.2, 0.25) is 0 Å². The molecule has 3 fully saturated rings. The summed E-state index contributed by atoms with van der Waals surface area (Å²) in [5.74, 6) is 4.90. The zero-order valence-corrected chi connectivity index (χ0v) is 19.7. The van der Waals surface area contributed by atoms with E-state index in [4.69, 9.17) is 9.47 Å². The standard InChI is InChI=1S/C27H45FO2/c1-19(2)6-4-5-7-20-8-10-24-23(20)12-13-26-25(24)11-9-21-16-22(30-18-29-3)14-15-27(21,26)17-28/h9,19-20,22-26H,4-8,10-18H2,1-3H3. The number of fused-ring (bicyclic) bond motifs is 5. The Kier molecular flexibility index (Phi) is 7.61. The zero-order chi connectivity index (χ0) is 21.1. The average molecular weight is 421 g/mol. The number of rotatable bonds is 9. The first-order valence-electron chi connectivity index (χ1n) is 12.9. The zero-order valence-electron chi connectivity index (χ0n) is 19.7. The number of alkyl halides is 1. The number of ether oxygens (including phenoxy) is 2. The van der Waals surface area contributed by atoms with Crippen molar-refractivity contribution in [3.05, 3.63) is 11.6 Å². The second-order valence-corrected chi connectivity index (χ2v) is 11.4. The minimum absolute atomic E-state index is 0.160. The van der Waals surface area contributed by atoms with Crippen LogP contribution in [0.3, 0.4) is 0 Å². The fourth-order valence-corrected chi connectivity index (χ4v) is 8.07. The molecule has 4 aliphatic rings. The molecule has 0 radical (unpaired) electrons. The predicted molar refractivity (Wildman–Crippen MR) is 121 cm³/mol. The Balaban J connectivity index is 1.40. The molecule has 0 spiro atoms. The molecule has 4 aliphatic carbocycles. The summed E-state index contributed by atoms with van der Waals surface area (Å²) in [6, 6.07) is 0. The molecule has 3 saturated carbocycles. The molecule has 0 N–H and O–H groups in total. The molecule has 0 aromatic rings. The van der Waals surface area contributed by atoms with Crippen molar-refractivity contribution < 1.29 is 13.9 Å². The van der Waals surface area contributed by atoms with E-state index in [1.54, 1.807) is 7.11 Å². The van der Waals surface area contributed by atoms with Crippen LogP contribution in [-0.4, -0.2) is 26.7 Å².